The van der Waals surface area contributed by atoms with Crippen LogP contribution in [-0.4, -0.2) is 33.0 Å². The minimum absolute atomic E-state index is 0.870. The molecule has 2 rings (SSSR count). The quantitative estimate of drug-likeness (QED) is 0.139. The SMILES string of the molecule is CCCCCCCCCCCCN(CCCCCCCCCCCC)Cn1nnc2ccccc21. The fourth-order valence-corrected chi connectivity index (χ4v) is 5.11. The molecule has 0 bridgehead atoms. The van der Waals surface area contributed by atoms with E-state index in [0.29, 0.717) is 0 Å². The third-order valence-electron chi connectivity index (χ3n) is 7.41. The molecule has 2 aromatic rings. The van der Waals surface area contributed by atoms with Gasteiger partial charge in [-0.3, -0.25) is 4.90 Å². The third kappa shape index (κ3) is 14.0. The summed E-state index contributed by atoms with van der Waals surface area (Å²) in [5, 5.41) is 8.83. The van der Waals surface area contributed by atoms with Crippen LogP contribution in [0.5, 0.6) is 0 Å². The summed E-state index contributed by atoms with van der Waals surface area (Å²) in [6.45, 7) is 7.83. The van der Waals surface area contributed by atoms with Gasteiger partial charge < -0.3 is 0 Å². The van der Waals surface area contributed by atoms with Gasteiger partial charge in [-0.05, 0) is 38.1 Å². The first-order valence-corrected chi connectivity index (χ1v) is 15.4. The van der Waals surface area contributed by atoms with Gasteiger partial charge in [0.05, 0.1) is 12.2 Å². The molecule has 0 saturated heterocycles. The molecule has 200 valence electrons. The summed E-state index contributed by atoms with van der Waals surface area (Å²) < 4.78 is 2.10. The van der Waals surface area contributed by atoms with E-state index in [-0.39, 0.29) is 0 Å². The fraction of sp³-hybridized carbons (Fsp3) is 0.806. The van der Waals surface area contributed by atoms with Crippen LogP contribution in [0.3, 0.4) is 0 Å². The van der Waals surface area contributed by atoms with Crippen molar-refractivity contribution in [3.05, 3.63) is 24.3 Å². The molecular formula is C31H56N4. The van der Waals surface area contributed by atoms with E-state index >= 15 is 0 Å². The summed E-state index contributed by atoms with van der Waals surface area (Å²) in [7, 11) is 0. The van der Waals surface area contributed by atoms with Crippen molar-refractivity contribution in [1.29, 1.82) is 0 Å². The number of benzene rings is 1. The van der Waals surface area contributed by atoms with Crippen LogP contribution in [0.25, 0.3) is 11.0 Å². The molecule has 0 N–H and O–H groups in total. The number of para-hydroxylation sites is 1. The highest BCUT2D eigenvalue weighted by Gasteiger charge is 2.10. The highest BCUT2D eigenvalue weighted by atomic mass is 15.5. The molecule has 0 unspecified atom stereocenters. The minimum Gasteiger partial charge on any atom is -0.284 e. The molecule has 0 atom stereocenters. The van der Waals surface area contributed by atoms with E-state index in [0.717, 1.165) is 17.7 Å². The first kappa shape index (κ1) is 29.8. The van der Waals surface area contributed by atoms with Gasteiger partial charge in [0, 0.05) is 0 Å². The predicted octanol–water partition coefficient (Wildman–Crippen LogP) is 9.53. The van der Waals surface area contributed by atoms with Crippen LogP contribution in [-0.2, 0) is 6.67 Å². The number of nitrogens with zero attached hydrogens (tertiary/aromatic N) is 4. The van der Waals surface area contributed by atoms with Gasteiger partial charge in [-0.2, -0.15) is 0 Å². The van der Waals surface area contributed by atoms with Crippen molar-refractivity contribution < 1.29 is 0 Å². The summed E-state index contributed by atoms with van der Waals surface area (Å²) in [6, 6.07) is 8.35. The number of rotatable bonds is 24. The van der Waals surface area contributed by atoms with Crippen molar-refractivity contribution in [1.82, 2.24) is 19.9 Å². The lowest BCUT2D eigenvalue weighted by Crippen LogP contribution is -2.29. The Morgan fingerprint density at radius 2 is 1.00 bits per heavy atom. The Hall–Kier alpha value is -1.42. The number of aromatic nitrogens is 3. The highest BCUT2D eigenvalue weighted by molar-refractivity contribution is 5.73. The van der Waals surface area contributed by atoms with Gasteiger partial charge in [-0.25, -0.2) is 4.68 Å². The maximum absolute atomic E-state index is 4.46. The molecule has 35 heavy (non-hydrogen) atoms. The molecule has 0 spiro atoms. The van der Waals surface area contributed by atoms with E-state index in [2.05, 4.69) is 51.9 Å². The van der Waals surface area contributed by atoms with E-state index in [4.69, 9.17) is 0 Å². The number of fused-ring (bicyclic) bond motifs is 1. The molecule has 4 heteroatoms. The van der Waals surface area contributed by atoms with Crippen LogP contribution in [0.4, 0.5) is 0 Å². The van der Waals surface area contributed by atoms with E-state index in [1.165, 1.54) is 142 Å². The molecule has 0 fully saturated rings. The largest absolute Gasteiger partial charge is 0.284 e. The average molecular weight is 485 g/mol. The zero-order valence-electron chi connectivity index (χ0n) is 23.4. The Bertz CT molecular complexity index is 702. The standard InChI is InChI=1S/C31H56N4/c1-3-5-7-9-11-13-15-17-19-23-27-34(28-24-20-18-16-14-12-10-8-6-4-2)29-35-31-26-22-21-25-30(31)32-33-35/h21-22,25-26H,3-20,23-24,27-29H2,1-2H3. The lowest BCUT2D eigenvalue weighted by atomic mass is 10.1. The van der Waals surface area contributed by atoms with Gasteiger partial charge in [0.2, 0.25) is 0 Å². The van der Waals surface area contributed by atoms with Crippen molar-refractivity contribution in [3.63, 3.8) is 0 Å². The monoisotopic (exact) mass is 484 g/mol. The van der Waals surface area contributed by atoms with Gasteiger partial charge in [-0.1, -0.05) is 147 Å². The van der Waals surface area contributed by atoms with Gasteiger partial charge in [0.1, 0.15) is 5.52 Å². The topological polar surface area (TPSA) is 34.0 Å². The molecule has 0 amide bonds. The van der Waals surface area contributed by atoms with E-state index in [1.54, 1.807) is 0 Å². The van der Waals surface area contributed by atoms with Crippen LogP contribution in [0.1, 0.15) is 142 Å². The second kappa shape index (κ2) is 20.7. The molecular weight excluding hydrogens is 428 g/mol. The fourth-order valence-electron chi connectivity index (χ4n) is 5.11. The van der Waals surface area contributed by atoms with Crippen LogP contribution in [0, 0.1) is 0 Å². The maximum atomic E-state index is 4.46. The van der Waals surface area contributed by atoms with Crippen molar-refractivity contribution in [2.24, 2.45) is 0 Å². The predicted molar refractivity (Wildman–Crippen MR) is 153 cm³/mol. The van der Waals surface area contributed by atoms with Crippen LogP contribution >= 0.6 is 0 Å². The number of hydrogen-bond acceptors (Lipinski definition) is 3. The Labute approximate surface area is 217 Å². The first-order valence-electron chi connectivity index (χ1n) is 15.4. The number of hydrogen-bond donors (Lipinski definition) is 0. The van der Waals surface area contributed by atoms with Crippen LogP contribution in [0.2, 0.25) is 0 Å². The number of unbranched alkanes of at least 4 members (excludes halogenated alkanes) is 18. The zero-order valence-corrected chi connectivity index (χ0v) is 23.4. The smallest absolute Gasteiger partial charge is 0.113 e. The highest BCUT2D eigenvalue weighted by Crippen LogP contribution is 2.15. The molecule has 0 saturated carbocycles. The van der Waals surface area contributed by atoms with E-state index in [1.807, 2.05) is 6.07 Å². The second-order valence-electron chi connectivity index (χ2n) is 10.7. The van der Waals surface area contributed by atoms with Crippen LogP contribution in [0.15, 0.2) is 24.3 Å². The van der Waals surface area contributed by atoms with Gasteiger partial charge in [-0.15, -0.1) is 5.10 Å². The molecule has 0 aliphatic rings. The molecule has 1 aromatic carbocycles. The normalized spacial score (nSPS) is 11.7. The first-order chi connectivity index (χ1) is 17.3. The molecule has 0 aliphatic carbocycles. The zero-order chi connectivity index (χ0) is 24.8. The summed E-state index contributed by atoms with van der Waals surface area (Å²) in [5.41, 5.74) is 2.16. The Morgan fingerprint density at radius 3 is 1.49 bits per heavy atom. The molecule has 1 heterocycles. The van der Waals surface area contributed by atoms with Crippen molar-refractivity contribution in [2.45, 2.75) is 149 Å². The van der Waals surface area contributed by atoms with E-state index in [9.17, 15) is 0 Å². The summed E-state index contributed by atoms with van der Waals surface area (Å²) >= 11 is 0. The van der Waals surface area contributed by atoms with Crippen molar-refractivity contribution in [2.75, 3.05) is 13.1 Å². The maximum Gasteiger partial charge on any atom is 0.113 e. The molecule has 0 radical (unpaired) electrons. The minimum atomic E-state index is 0.870. The Balaban J connectivity index is 1.64. The van der Waals surface area contributed by atoms with Gasteiger partial charge in [0.15, 0.2) is 0 Å². The van der Waals surface area contributed by atoms with Crippen molar-refractivity contribution >= 4 is 11.0 Å². The third-order valence-corrected chi connectivity index (χ3v) is 7.41. The van der Waals surface area contributed by atoms with Gasteiger partial charge >= 0.3 is 0 Å². The Morgan fingerprint density at radius 1 is 0.571 bits per heavy atom. The lowest BCUT2D eigenvalue weighted by molar-refractivity contribution is 0.199. The lowest BCUT2D eigenvalue weighted by Gasteiger charge is -2.22. The second-order valence-corrected chi connectivity index (χ2v) is 10.7. The molecule has 4 nitrogen and oxygen atoms in total. The molecule has 0 aliphatic heterocycles. The average Bonchev–Trinajstić information content (AvgIpc) is 3.28. The molecule has 1 aromatic heterocycles. The summed E-state index contributed by atoms with van der Waals surface area (Å²) in [6.07, 6.45) is 27.9. The van der Waals surface area contributed by atoms with Crippen molar-refractivity contribution in [3.8, 4) is 0 Å². The summed E-state index contributed by atoms with van der Waals surface area (Å²) in [4.78, 5) is 2.62. The Kier molecular flexibility index (Phi) is 17.7. The van der Waals surface area contributed by atoms with Gasteiger partial charge in [0.25, 0.3) is 0 Å². The summed E-state index contributed by atoms with van der Waals surface area (Å²) in [5.74, 6) is 0. The van der Waals surface area contributed by atoms with E-state index < -0.39 is 0 Å². The van der Waals surface area contributed by atoms with Crippen LogP contribution < -0.4 is 0 Å².